The fourth-order valence-corrected chi connectivity index (χ4v) is 2.49. The molecule has 1 amide bonds. The molecule has 110 valence electrons. The first-order chi connectivity index (χ1) is 9.49. The zero-order valence-corrected chi connectivity index (χ0v) is 11.6. The smallest absolute Gasteiger partial charge is 0.338 e. The second kappa shape index (κ2) is 6.09. The van der Waals surface area contributed by atoms with Crippen molar-refractivity contribution in [1.82, 2.24) is 5.32 Å². The van der Waals surface area contributed by atoms with Crippen LogP contribution in [0.4, 0.5) is 0 Å². The number of aromatic carboxylic acids is 1. The molecule has 2 unspecified atom stereocenters. The molecule has 0 spiro atoms. The van der Waals surface area contributed by atoms with E-state index in [0.717, 1.165) is 12.7 Å². The van der Waals surface area contributed by atoms with Crippen molar-refractivity contribution < 1.29 is 23.8 Å². The second-order valence-electron chi connectivity index (χ2n) is 5.34. The molecular weight excluding hydrogens is 262 g/mol. The number of hydrogen-bond acceptors (Lipinski definition) is 4. The van der Waals surface area contributed by atoms with Crippen molar-refractivity contribution in [2.24, 2.45) is 11.8 Å². The van der Waals surface area contributed by atoms with E-state index in [1.165, 1.54) is 6.07 Å². The van der Waals surface area contributed by atoms with Crippen LogP contribution in [0.1, 0.15) is 41.2 Å². The van der Waals surface area contributed by atoms with Crippen molar-refractivity contribution in [2.75, 3.05) is 13.2 Å². The van der Waals surface area contributed by atoms with Crippen molar-refractivity contribution in [1.29, 1.82) is 0 Å². The largest absolute Gasteiger partial charge is 0.478 e. The predicted molar refractivity (Wildman–Crippen MR) is 70.7 cm³/mol. The lowest BCUT2D eigenvalue weighted by Gasteiger charge is -2.21. The normalized spacial score (nSPS) is 22.1. The van der Waals surface area contributed by atoms with Gasteiger partial charge in [0.2, 0.25) is 0 Å². The Kier molecular flexibility index (Phi) is 4.44. The fraction of sp³-hybridized carbons (Fsp3) is 0.571. The van der Waals surface area contributed by atoms with E-state index in [4.69, 9.17) is 14.3 Å². The summed E-state index contributed by atoms with van der Waals surface area (Å²) in [6.45, 7) is 5.41. The Balaban J connectivity index is 1.90. The molecule has 1 aromatic heterocycles. The Hall–Kier alpha value is -1.82. The van der Waals surface area contributed by atoms with Crippen LogP contribution < -0.4 is 5.32 Å². The van der Waals surface area contributed by atoms with Crippen LogP contribution in [0, 0.1) is 11.8 Å². The topological polar surface area (TPSA) is 88.8 Å². The number of ether oxygens (including phenoxy) is 1. The van der Waals surface area contributed by atoms with Gasteiger partial charge >= 0.3 is 5.97 Å². The maximum absolute atomic E-state index is 11.9. The second-order valence-corrected chi connectivity index (χ2v) is 5.34. The zero-order valence-electron chi connectivity index (χ0n) is 11.6. The number of amides is 1. The molecule has 1 saturated heterocycles. The third kappa shape index (κ3) is 3.19. The summed E-state index contributed by atoms with van der Waals surface area (Å²) >= 11 is 0. The molecule has 6 heteroatoms. The lowest BCUT2D eigenvalue weighted by Crippen LogP contribution is -2.34. The van der Waals surface area contributed by atoms with Crippen LogP contribution in [-0.4, -0.2) is 36.2 Å². The summed E-state index contributed by atoms with van der Waals surface area (Å²) in [7, 11) is 0. The maximum atomic E-state index is 11.9. The third-order valence-electron chi connectivity index (χ3n) is 3.52. The molecule has 6 nitrogen and oxygen atoms in total. The van der Waals surface area contributed by atoms with E-state index in [0.29, 0.717) is 19.1 Å². The Morgan fingerprint density at radius 1 is 1.50 bits per heavy atom. The van der Waals surface area contributed by atoms with E-state index >= 15 is 0 Å². The van der Waals surface area contributed by atoms with Gasteiger partial charge in [-0.1, -0.05) is 13.8 Å². The molecule has 1 fully saturated rings. The van der Waals surface area contributed by atoms with E-state index in [2.05, 4.69) is 19.2 Å². The number of nitrogens with one attached hydrogen (secondary N) is 1. The van der Waals surface area contributed by atoms with Crippen molar-refractivity contribution in [3.05, 3.63) is 23.7 Å². The minimum Gasteiger partial charge on any atom is -0.478 e. The molecule has 1 aromatic rings. The molecule has 0 bridgehead atoms. The van der Waals surface area contributed by atoms with Gasteiger partial charge in [0.25, 0.3) is 5.91 Å². The van der Waals surface area contributed by atoms with Crippen LogP contribution in [0.2, 0.25) is 0 Å². The molecule has 2 rings (SSSR count). The highest BCUT2D eigenvalue weighted by atomic mass is 16.5. The van der Waals surface area contributed by atoms with Gasteiger partial charge in [-0.25, -0.2) is 4.79 Å². The van der Waals surface area contributed by atoms with Crippen LogP contribution in [0.5, 0.6) is 0 Å². The van der Waals surface area contributed by atoms with Gasteiger partial charge in [0.1, 0.15) is 6.26 Å². The summed E-state index contributed by atoms with van der Waals surface area (Å²) in [5.74, 6) is -0.805. The molecule has 1 aliphatic rings. The van der Waals surface area contributed by atoms with Crippen LogP contribution >= 0.6 is 0 Å². The Morgan fingerprint density at radius 2 is 2.25 bits per heavy atom. The third-order valence-corrected chi connectivity index (χ3v) is 3.52. The first-order valence-electron chi connectivity index (χ1n) is 6.70. The molecule has 0 radical (unpaired) electrons. The quantitative estimate of drug-likeness (QED) is 0.858. The van der Waals surface area contributed by atoms with Crippen molar-refractivity contribution >= 4 is 11.9 Å². The van der Waals surface area contributed by atoms with E-state index in [1.54, 1.807) is 0 Å². The molecule has 2 N–H and O–H groups in total. The number of furan rings is 1. The lowest BCUT2D eigenvalue weighted by atomic mass is 9.93. The average Bonchev–Trinajstić information content (AvgIpc) is 3.04. The molecule has 0 aromatic carbocycles. The van der Waals surface area contributed by atoms with Crippen LogP contribution in [0.15, 0.2) is 16.7 Å². The summed E-state index contributed by atoms with van der Waals surface area (Å²) in [5.41, 5.74) is -0.0283. The summed E-state index contributed by atoms with van der Waals surface area (Å²) < 4.78 is 10.6. The summed E-state index contributed by atoms with van der Waals surface area (Å²) in [4.78, 5) is 22.6. The van der Waals surface area contributed by atoms with Gasteiger partial charge in [0.05, 0.1) is 11.7 Å². The minimum absolute atomic E-state index is 0.0161. The Labute approximate surface area is 117 Å². The van der Waals surface area contributed by atoms with Gasteiger partial charge in [-0.15, -0.1) is 0 Å². The van der Waals surface area contributed by atoms with E-state index in [1.807, 2.05) is 0 Å². The Morgan fingerprint density at radius 3 is 2.85 bits per heavy atom. The van der Waals surface area contributed by atoms with Gasteiger partial charge in [-0.3, -0.25) is 4.79 Å². The van der Waals surface area contributed by atoms with Gasteiger partial charge in [0, 0.05) is 25.1 Å². The highest BCUT2D eigenvalue weighted by Gasteiger charge is 2.31. The fourth-order valence-electron chi connectivity index (χ4n) is 2.49. The summed E-state index contributed by atoms with van der Waals surface area (Å²) in [6, 6.07) is 1.22. The number of rotatable bonds is 5. The van der Waals surface area contributed by atoms with Crippen LogP contribution in [0.25, 0.3) is 0 Å². The van der Waals surface area contributed by atoms with Crippen molar-refractivity contribution in [3.8, 4) is 0 Å². The SMILES string of the molecule is CC(C)C1OCCC1CNC(=O)c1cc(C(=O)O)co1. The molecule has 2 heterocycles. The van der Waals surface area contributed by atoms with E-state index in [-0.39, 0.29) is 23.3 Å². The van der Waals surface area contributed by atoms with Crippen molar-refractivity contribution in [2.45, 2.75) is 26.4 Å². The number of hydrogen-bond donors (Lipinski definition) is 2. The highest BCUT2D eigenvalue weighted by molar-refractivity contribution is 5.95. The van der Waals surface area contributed by atoms with Gasteiger partial charge < -0.3 is 19.6 Å². The molecule has 2 atom stereocenters. The molecule has 0 aliphatic carbocycles. The molecule has 20 heavy (non-hydrogen) atoms. The standard InChI is InChI=1S/C14H19NO5/c1-8(2)12-9(3-4-19-12)6-15-13(16)11-5-10(7-20-11)14(17)18/h5,7-9,12H,3-4,6H2,1-2H3,(H,15,16)(H,17,18). The number of carbonyl (C=O) groups excluding carboxylic acids is 1. The van der Waals surface area contributed by atoms with Crippen LogP contribution in [-0.2, 0) is 4.74 Å². The minimum atomic E-state index is -1.11. The van der Waals surface area contributed by atoms with Crippen LogP contribution in [0.3, 0.4) is 0 Å². The monoisotopic (exact) mass is 281 g/mol. The summed E-state index contributed by atoms with van der Waals surface area (Å²) in [6.07, 6.45) is 2.13. The zero-order chi connectivity index (χ0) is 14.7. The molecule has 0 saturated carbocycles. The van der Waals surface area contributed by atoms with Gasteiger partial charge in [0.15, 0.2) is 5.76 Å². The first kappa shape index (κ1) is 14.6. The Bertz CT molecular complexity index is 494. The first-order valence-corrected chi connectivity index (χ1v) is 6.70. The van der Waals surface area contributed by atoms with Gasteiger partial charge in [-0.2, -0.15) is 0 Å². The number of carboxylic acid groups (broad SMARTS) is 1. The number of carboxylic acids is 1. The predicted octanol–water partition coefficient (Wildman–Crippen LogP) is 1.77. The number of carbonyl (C=O) groups is 2. The molecule has 1 aliphatic heterocycles. The maximum Gasteiger partial charge on any atom is 0.338 e. The van der Waals surface area contributed by atoms with Gasteiger partial charge in [-0.05, 0) is 12.3 Å². The molecular formula is C14H19NO5. The van der Waals surface area contributed by atoms with E-state index < -0.39 is 11.9 Å². The van der Waals surface area contributed by atoms with Crippen molar-refractivity contribution in [3.63, 3.8) is 0 Å². The summed E-state index contributed by atoms with van der Waals surface area (Å²) in [5, 5.41) is 11.5. The lowest BCUT2D eigenvalue weighted by molar-refractivity contribution is 0.0531. The average molecular weight is 281 g/mol. The van der Waals surface area contributed by atoms with E-state index in [9.17, 15) is 9.59 Å². The highest BCUT2D eigenvalue weighted by Crippen LogP contribution is 2.26.